The summed E-state index contributed by atoms with van der Waals surface area (Å²) in [6, 6.07) is 7.59. The molecule has 0 bridgehead atoms. The van der Waals surface area contributed by atoms with Gasteiger partial charge >= 0.3 is 0 Å². The number of ether oxygens (including phenoxy) is 3. The summed E-state index contributed by atoms with van der Waals surface area (Å²) in [5.41, 5.74) is 1.62. The van der Waals surface area contributed by atoms with Gasteiger partial charge in [0.25, 0.3) is 5.91 Å². The maximum atomic E-state index is 12.0. The van der Waals surface area contributed by atoms with Gasteiger partial charge in [-0.2, -0.15) is 0 Å². The second kappa shape index (κ2) is 6.48. The first-order valence-electron chi connectivity index (χ1n) is 6.63. The number of methoxy groups -OCH3 is 1. The van der Waals surface area contributed by atoms with E-state index < -0.39 is 0 Å². The topological polar surface area (TPSA) is 69.7 Å². The van der Waals surface area contributed by atoms with Crippen molar-refractivity contribution in [1.29, 1.82) is 0 Å². The molecular formula is C15H14N2O4S. The third-order valence-corrected chi connectivity index (χ3v) is 3.74. The largest absolute Gasteiger partial charge is 0.496 e. The fourth-order valence-electron chi connectivity index (χ4n) is 1.96. The van der Waals surface area contributed by atoms with Gasteiger partial charge in [-0.15, -0.1) is 11.3 Å². The molecule has 1 aliphatic rings. The summed E-state index contributed by atoms with van der Waals surface area (Å²) in [6.07, 6.45) is 1.31. The number of hydrogen-bond acceptors (Lipinski definition) is 6. The Balaban J connectivity index is 1.76. The molecule has 0 spiro atoms. The second-order valence-electron chi connectivity index (χ2n) is 4.39. The molecule has 1 N–H and O–H groups in total. The predicted octanol–water partition coefficient (Wildman–Crippen LogP) is 2.65. The molecule has 6 nitrogen and oxygen atoms in total. The van der Waals surface area contributed by atoms with E-state index in [-0.39, 0.29) is 11.7 Å². The van der Waals surface area contributed by atoms with Gasteiger partial charge in [-0.25, -0.2) is 4.98 Å². The number of carbonyl (C=O) groups excluding carboxylic acids is 1. The standard InChI is InChI=1S/C15H14N2O4S/c1-19-12-5-3-2-4-10(12)11-9-22-15(16-11)17-14(18)13-8-20-6-7-21-13/h2-5,8-9H,6-7H2,1H3,(H,16,17,18). The Kier molecular flexibility index (Phi) is 4.24. The van der Waals surface area contributed by atoms with Crippen molar-refractivity contribution in [3.63, 3.8) is 0 Å². The SMILES string of the molecule is COc1ccccc1-c1csc(NC(=O)C2=COCCO2)n1. The van der Waals surface area contributed by atoms with E-state index in [4.69, 9.17) is 14.2 Å². The predicted molar refractivity (Wildman–Crippen MR) is 82.7 cm³/mol. The van der Waals surface area contributed by atoms with Crippen LogP contribution in [0, 0.1) is 0 Å². The first kappa shape index (κ1) is 14.4. The van der Waals surface area contributed by atoms with Gasteiger partial charge in [0, 0.05) is 10.9 Å². The average molecular weight is 318 g/mol. The summed E-state index contributed by atoms with van der Waals surface area (Å²) in [5, 5.41) is 5.04. The van der Waals surface area contributed by atoms with Crippen LogP contribution >= 0.6 is 11.3 Å². The number of nitrogens with one attached hydrogen (secondary N) is 1. The van der Waals surface area contributed by atoms with Crippen molar-refractivity contribution in [2.24, 2.45) is 0 Å². The highest BCUT2D eigenvalue weighted by Crippen LogP contribution is 2.31. The van der Waals surface area contributed by atoms with E-state index in [1.807, 2.05) is 29.6 Å². The fraction of sp³-hybridized carbons (Fsp3) is 0.200. The monoisotopic (exact) mass is 318 g/mol. The third-order valence-electron chi connectivity index (χ3n) is 2.98. The number of amides is 1. The normalized spacial score (nSPS) is 13.6. The van der Waals surface area contributed by atoms with Gasteiger partial charge in [-0.3, -0.25) is 10.1 Å². The molecular weight excluding hydrogens is 304 g/mol. The smallest absolute Gasteiger partial charge is 0.295 e. The van der Waals surface area contributed by atoms with Crippen LogP contribution in [0.3, 0.4) is 0 Å². The van der Waals surface area contributed by atoms with Crippen LogP contribution in [0.2, 0.25) is 0 Å². The molecule has 3 rings (SSSR count). The number of nitrogens with zero attached hydrogens (tertiary/aromatic N) is 1. The number of thiazole rings is 1. The van der Waals surface area contributed by atoms with Crippen LogP contribution < -0.4 is 10.1 Å². The van der Waals surface area contributed by atoms with Gasteiger partial charge in [0.2, 0.25) is 5.76 Å². The van der Waals surface area contributed by atoms with Crippen LogP contribution in [0.5, 0.6) is 5.75 Å². The number of rotatable bonds is 4. The van der Waals surface area contributed by atoms with Crippen LogP contribution in [0.15, 0.2) is 41.7 Å². The minimum atomic E-state index is -0.374. The molecule has 2 heterocycles. The van der Waals surface area contributed by atoms with Gasteiger partial charge < -0.3 is 14.2 Å². The Labute approximate surface area is 131 Å². The van der Waals surface area contributed by atoms with E-state index >= 15 is 0 Å². The molecule has 1 amide bonds. The van der Waals surface area contributed by atoms with Gasteiger partial charge in [0.15, 0.2) is 5.13 Å². The minimum absolute atomic E-state index is 0.153. The molecule has 2 aromatic rings. The van der Waals surface area contributed by atoms with Crippen LogP contribution in [0.25, 0.3) is 11.3 Å². The van der Waals surface area contributed by atoms with Crippen molar-refractivity contribution < 1.29 is 19.0 Å². The molecule has 0 saturated heterocycles. The maximum Gasteiger partial charge on any atom is 0.295 e. The number of carbonyl (C=O) groups is 1. The van der Waals surface area contributed by atoms with E-state index in [0.29, 0.717) is 18.3 Å². The van der Waals surface area contributed by atoms with Crippen molar-refractivity contribution in [2.45, 2.75) is 0 Å². The van der Waals surface area contributed by atoms with Crippen LogP contribution in [0.4, 0.5) is 5.13 Å². The molecule has 0 radical (unpaired) electrons. The zero-order chi connectivity index (χ0) is 15.4. The Bertz CT molecular complexity index is 711. The lowest BCUT2D eigenvalue weighted by atomic mass is 10.1. The highest BCUT2D eigenvalue weighted by molar-refractivity contribution is 7.14. The quantitative estimate of drug-likeness (QED) is 0.938. The lowest BCUT2D eigenvalue weighted by Gasteiger charge is -2.14. The zero-order valence-electron chi connectivity index (χ0n) is 11.9. The summed E-state index contributed by atoms with van der Waals surface area (Å²) in [7, 11) is 1.61. The van der Waals surface area contributed by atoms with Crippen molar-refractivity contribution in [3.05, 3.63) is 41.7 Å². The van der Waals surface area contributed by atoms with E-state index in [1.165, 1.54) is 17.6 Å². The summed E-state index contributed by atoms with van der Waals surface area (Å²) in [6.45, 7) is 0.815. The van der Waals surface area contributed by atoms with Gasteiger partial charge in [0.05, 0.1) is 12.8 Å². The van der Waals surface area contributed by atoms with Crippen molar-refractivity contribution in [3.8, 4) is 17.0 Å². The lowest BCUT2D eigenvalue weighted by molar-refractivity contribution is -0.117. The second-order valence-corrected chi connectivity index (χ2v) is 5.25. The highest BCUT2D eigenvalue weighted by atomic mass is 32.1. The molecule has 1 aliphatic heterocycles. The Hall–Kier alpha value is -2.54. The van der Waals surface area contributed by atoms with Crippen molar-refractivity contribution >= 4 is 22.4 Å². The summed E-state index contributed by atoms with van der Waals surface area (Å²) >= 11 is 1.33. The zero-order valence-corrected chi connectivity index (χ0v) is 12.7. The number of aromatic nitrogens is 1. The average Bonchev–Trinajstić information content (AvgIpc) is 3.04. The Morgan fingerprint density at radius 2 is 2.23 bits per heavy atom. The number of anilines is 1. The molecule has 22 heavy (non-hydrogen) atoms. The number of benzene rings is 1. The lowest BCUT2D eigenvalue weighted by Crippen LogP contribution is -2.21. The molecule has 1 aromatic heterocycles. The number of hydrogen-bond donors (Lipinski definition) is 1. The molecule has 7 heteroatoms. The van der Waals surface area contributed by atoms with Crippen molar-refractivity contribution in [2.75, 3.05) is 25.6 Å². The summed E-state index contributed by atoms with van der Waals surface area (Å²) in [5.74, 6) is 0.512. The van der Waals surface area contributed by atoms with Crippen molar-refractivity contribution in [1.82, 2.24) is 4.98 Å². The Morgan fingerprint density at radius 3 is 3.00 bits per heavy atom. The molecule has 1 aromatic carbocycles. The Morgan fingerprint density at radius 1 is 1.36 bits per heavy atom. The van der Waals surface area contributed by atoms with Gasteiger partial charge in [-0.1, -0.05) is 12.1 Å². The molecule has 0 saturated carbocycles. The first-order valence-corrected chi connectivity index (χ1v) is 7.51. The molecule has 0 fully saturated rings. The van der Waals surface area contributed by atoms with Gasteiger partial charge in [-0.05, 0) is 12.1 Å². The van der Waals surface area contributed by atoms with Crippen LogP contribution in [-0.2, 0) is 14.3 Å². The maximum absolute atomic E-state index is 12.0. The van der Waals surface area contributed by atoms with Gasteiger partial charge in [0.1, 0.15) is 25.2 Å². The fourth-order valence-corrected chi connectivity index (χ4v) is 2.66. The molecule has 114 valence electrons. The van der Waals surface area contributed by atoms with E-state index in [9.17, 15) is 4.79 Å². The summed E-state index contributed by atoms with van der Waals surface area (Å²) in [4.78, 5) is 16.4. The summed E-state index contributed by atoms with van der Waals surface area (Å²) < 4.78 is 15.6. The molecule has 0 unspecified atom stereocenters. The minimum Gasteiger partial charge on any atom is -0.496 e. The van der Waals surface area contributed by atoms with Crippen LogP contribution in [0.1, 0.15) is 0 Å². The van der Waals surface area contributed by atoms with Crippen LogP contribution in [-0.4, -0.2) is 31.2 Å². The van der Waals surface area contributed by atoms with E-state index in [1.54, 1.807) is 7.11 Å². The first-order chi connectivity index (χ1) is 10.8. The molecule has 0 aliphatic carbocycles. The van der Waals surface area contributed by atoms with E-state index in [2.05, 4.69) is 10.3 Å². The highest BCUT2D eigenvalue weighted by Gasteiger charge is 2.17. The molecule has 0 atom stereocenters. The third kappa shape index (κ3) is 3.04. The van der Waals surface area contributed by atoms with E-state index in [0.717, 1.165) is 17.0 Å². The number of para-hydroxylation sites is 1.